The molecule has 0 radical (unpaired) electrons. The Morgan fingerprint density at radius 2 is 2.18 bits per heavy atom. The molecule has 0 saturated carbocycles. The molecule has 3 aromatic rings. The number of allylic oxidation sites excluding steroid dienone is 2. The monoisotopic (exact) mass is 313 g/mol. The molecule has 0 spiro atoms. The van der Waals surface area contributed by atoms with Crippen LogP contribution in [0.1, 0.15) is 25.2 Å². The number of nitrogens with zero attached hydrogens (tertiary/aromatic N) is 2. The van der Waals surface area contributed by atoms with Crippen molar-refractivity contribution in [2.75, 3.05) is 14.1 Å². The Morgan fingerprint density at radius 1 is 1.41 bits per heavy atom. The van der Waals surface area contributed by atoms with Gasteiger partial charge >= 0.3 is 0 Å². The van der Waals surface area contributed by atoms with Gasteiger partial charge in [0.25, 0.3) is 5.56 Å². The standard InChI is InChI=1S/C17H19N3OS/c1-5-10(2)11-6-7-13-12(8-11)15-16(22-13)17(21)19-14(18-15)9-20(3)4/h5-8H,9H2,1-4H3,(H,18,19,21)/b10-5+. The van der Waals surface area contributed by atoms with E-state index in [-0.39, 0.29) is 5.56 Å². The molecule has 0 bridgehead atoms. The lowest BCUT2D eigenvalue weighted by molar-refractivity contribution is 0.390. The number of thiophene rings is 1. The molecule has 0 saturated heterocycles. The number of nitrogens with one attached hydrogen (secondary N) is 1. The van der Waals surface area contributed by atoms with Crippen LogP contribution in [0.4, 0.5) is 0 Å². The smallest absolute Gasteiger partial charge is 0.268 e. The SMILES string of the molecule is C/C=C(\C)c1ccc2sc3c(=O)[nH]c(CN(C)C)nc3c2c1. The second kappa shape index (κ2) is 5.66. The van der Waals surface area contributed by atoms with E-state index in [4.69, 9.17) is 0 Å². The minimum Gasteiger partial charge on any atom is -0.308 e. The summed E-state index contributed by atoms with van der Waals surface area (Å²) < 4.78 is 1.80. The average molecular weight is 313 g/mol. The van der Waals surface area contributed by atoms with Crippen LogP contribution in [0.5, 0.6) is 0 Å². The molecule has 0 aliphatic rings. The summed E-state index contributed by atoms with van der Waals surface area (Å²) >= 11 is 1.50. The van der Waals surface area contributed by atoms with Gasteiger partial charge in [0, 0.05) is 10.1 Å². The first kappa shape index (κ1) is 14.9. The predicted molar refractivity (Wildman–Crippen MR) is 94.5 cm³/mol. The van der Waals surface area contributed by atoms with E-state index >= 15 is 0 Å². The summed E-state index contributed by atoms with van der Waals surface area (Å²) in [6, 6.07) is 6.31. The molecule has 1 N–H and O–H groups in total. The van der Waals surface area contributed by atoms with E-state index in [1.165, 1.54) is 22.5 Å². The molecule has 4 nitrogen and oxygen atoms in total. The first-order chi connectivity index (χ1) is 10.5. The van der Waals surface area contributed by atoms with Crippen molar-refractivity contribution in [3.05, 3.63) is 46.0 Å². The van der Waals surface area contributed by atoms with Gasteiger partial charge in [-0.2, -0.15) is 0 Å². The Hall–Kier alpha value is -1.98. The normalized spacial score (nSPS) is 12.7. The Balaban J connectivity index is 2.30. The van der Waals surface area contributed by atoms with Crippen LogP contribution in [-0.4, -0.2) is 29.0 Å². The zero-order chi connectivity index (χ0) is 15.9. The quantitative estimate of drug-likeness (QED) is 0.803. The maximum Gasteiger partial charge on any atom is 0.268 e. The second-order valence-electron chi connectivity index (χ2n) is 5.71. The highest BCUT2D eigenvalue weighted by atomic mass is 32.1. The summed E-state index contributed by atoms with van der Waals surface area (Å²) in [4.78, 5) is 21.9. The Bertz CT molecular complexity index is 934. The van der Waals surface area contributed by atoms with Crippen molar-refractivity contribution in [2.24, 2.45) is 0 Å². The van der Waals surface area contributed by atoms with Gasteiger partial charge in [-0.25, -0.2) is 4.98 Å². The molecule has 0 aliphatic carbocycles. The van der Waals surface area contributed by atoms with Crippen molar-refractivity contribution < 1.29 is 0 Å². The summed E-state index contributed by atoms with van der Waals surface area (Å²) in [5, 5.41) is 1.06. The Kier molecular flexibility index (Phi) is 3.85. The van der Waals surface area contributed by atoms with Crippen LogP contribution in [0.3, 0.4) is 0 Å². The first-order valence-corrected chi connectivity index (χ1v) is 8.04. The predicted octanol–water partition coefficient (Wildman–Crippen LogP) is 3.62. The molecule has 1 aromatic carbocycles. The lowest BCUT2D eigenvalue weighted by atomic mass is 10.1. The number of H-pyrrole nitrogens is 1. The number of aromatic amines is 1. The minimum atomic E-state index is -0.0487. The summed E-state index contributed by atoms with van der Waals surface area (Å²) in [6.07, 6.45) is 2.09. The number of benzene rings is 1. The number of hydrogen-bond donors (Lipinski definition) is 1. The molecule has 2 aromatic heterocycles. The molecule has 114 valence electrons. The third-order valence-electron chi connectivity index (χ3n) is 3.73. The van der Waals surface area contributed by atoms with Crippen molar-refractivity contribution in [1.82, 2.24) is 14.9 Å². The van der Waals surface area contributed by atoms with Crippen LogP contribution in [0.15, 0.2) is 29.1 Å². The number of hydrogen-bond acceptors (Lipinski definition) is 4. The zero-order valence-electron chi connectivity index (χ0n) is 13.2. The highest BCUT2D eigenvalue weighted by Gasteiger charge is 2.12. The fraction of sp³-hybridized carbons (Fsp3) is 0.294. The maximum atomic E-state index is 12.3. The van der Waals surface area contributed by atoms with E-state index in [2.05, 4.69) is 41.2 Å². The van der Waals surface area contributed by atoms with E-state index in [1.54, 1.807) is 0 Å². The molecule has 0 atom stereocenters. The Morgan fingerprint density at radius 3 is 2.86 bits per heavy atom. The zero-order valence-corrected chi connectivity index (χ0v) is 14.0. The van der Waals surface area contributed by atoms with Crippen molar-refractivity contribution in [3.63, 3.8) is 0 Å². The molecule has 0 fully saturated rings. The third-order valence-corrected chi connectivity index (χ3v) is 4.89. The van der Waals surface area contributed by atoms with Crippen LogP contribution in [0, 0.1) is 0 Å². The van der Waals surface area contributed by atoms with Gasteiger partial charge in [-0.05, 0) is 51.2 Å². The Labute approximate surface area is 133 Å². The highest BCUT2D eigenvalue weighted by Crippen LogP contribution is 2.32. The molecule has 22 heavy (non-hydrogen) atoms. The van der Waals surface area contributed by atoms with Gasteiger partial charge in [0.05, 0.1) is 12.1 Å². The summed E-state index contributed by atoms with van der Waals surface area (Å²) in [5.74, 6) is 0.704. The lowest BCUT2D eigenvalue weighted by Gasteiger charge is -2.08. The van der Waals surface area contributed by atoms with Gasteiger partial charge in [0.15, 0.2) is 0 Å². The minimum absolute atomic E-state index is 0.0487. The van der Waals surface area contributed by atoms with E-state index in [0.717, 1.165) is 15.6 Å². The molecule has 2 heterocycles. The van der Waals surface area contributed by atoms with Gasteiger partial charge in [0.2, 0.25) is 0 Å². The van der Waals surface area contributed by atoms with Gasteiger partial charge in [-0.15, -0.1) is 11.3 Å². The lowest BCUT2D eigenvalue weighted by Crippen LogP contribution is -2.17. The molecule has 0 unspecified atom stereocenters. The van der Waals surface area contributed by atoms with E-state index in [9.17, 15) is 4.79 Å². The van der Waals surface area contributed by atoms with Crippen LogP contribution in [0.2, 0.25) is 0 Å². The first-order valence-electron chi connectivity index (χ1n) is 7.23. The van der Waals surface area contributed by atoms with E-state index in [1.807, 2.05) is 25.9 Å². The molecule has 0 amide bonds. The van der Waals surface area contributed by atoms with Crippen LogP contribution in [-0.2, 0) is 6.54 Å². The summed E-state index contributed by atoms with van der Waals surface area (Å²) in [6.45, 7) is 4.74. The molecule has 0 aliphatic heterocycles. The topological polar surface area (TPSA) is 49.0 Å². The second-order valence-corrected chi connectivity index (χ2v) is 6.77. The van der Waals surface area contributed by atoms with E-state index < -0.39 is 0 Å². The van der Waals surface area contributed by atoms with Crippen LogP contribution < -0.4 is 5.56 Å². The van der Waals surface area contributed by atoms with Gasteiger partial charge in [0.1, 0.15) is 10.5 Å². The largest absolute Gasteiger partial charge is 0.308 e. The molecular formula is C17H19N3OS. The summed E-state index contributed by atoms with van der Waals surface area (Å²) in [5.41, 5.74) is 3.16. The van der Waals surface area contributed by atoms with Gasteiger partial charge in [-0.3, -0.25) is 4.79 Å². The van der Waals surface area contributed by atoms with Crippen molar-refractivity contribution in [1.29, 1.82) is 0 Å². The maximum absolute atomic E-state index is 12.3. The molecule has 5 heteroatoms. The van der Waals surface area contributed by atoms with Crippen molar-refractivity contribution in [2.45, 2.75) is 20.4 Å². The van der Waals surface area contributed by atoms with Crippen LogP contribution in [0.25, 0.3) is 25.9 Å². The van der Waals surface area contributed by atoms with Gasteiger partial charge in [-0.1, -0.05) is 12.1 Å². The number of rotatable bonds is 3. The number of fused-ring (bicyclic) bond motifs is 3. The van der Waals surface area contributed by atoms with Crippen LogP contribution >= 0.6 is 11.3 Å². The third kappa shape index (κ3) is 2.58. The summed E-state index contributed by atoms with van der Waals surface area (Å²) in [7, 11) is 3.92. The van der Waals surface area contributed by atoms with Crippen molar-refractivity contribution >= 4 is 37.2 Å². The van der Waals surface area contributed by atoms with Gasteiger partial charge < -0.3 is 9.88 Å². The molecular weight excluding hydrogens is 294 g/mol. The highest BCUT2D eigenvalue weighted by molar-refractivity contribution is 7.25. The van der Waals surface area contributed by atoms with Crippen molar-refractivity contribution in [3.8, 4) is 0 Å². The fourth-order valence-corrected chi connectivity index (χ4v) is 3.50. The molecule has 3 rings (SSSR count). The van der Waals surface area contributed by atoms with E-state index in [0.29, 0.717) is 17.1 Å². The number of aromatic nitrogens is 2. The fourth-order valence-electron chi connectivity index (χ4n) is 2.49. The average Bonchev–Trinajstić information content (AvgIpc) is 2.84.